The van der Waals surface area contributed by atoms with Gasteiger partial charge in [-0.05, 0) is 80.7 Å². The minimum Gasteiger partial charge on any atom is -0.366 e. The Morgan fingerprint density at radius 3 is 2.72 bits per heavy atom. The molecule has 174 valence electrons. The molecule has 0 radical (unpaired) electrons. The fraction of sp³-hybridized carbons (Fsp3) is 0.556. The first kappa shape index (κ1) is 24.2. The Kier molecular flexibility index (Phi) is 10.0. The van der Waals surface area contributed by atoms with Crippen molar-refractivity contribution in [1.82, 2.24) is 16.0 Å². The maximum absolute atomic E-state index is 12.1. The van der Waals surface area contributed by atoms with Gasteiger partial charge in [-0.2, -0.15) is 0 Å². The maximum atomic E-state index is 12.1. The van der Waals surface area contributed by atoms with Gasteiger partial charge in [-0.3, -0.25) is 9.79 Å². The number of allylic oxidation sites excluding steroid dienone is 3. The van der Waals surface area contributed by atoms with Crippen molar-refractivity contribution in [2.24, 2.45) is 10.9 Å². The van der Waals surface area contributed by atoms with E-state index in [2.05, 4.69) is 64.3 Å². The summed E-state index contributed by atoms with van der Waals surface area (Å²) in [4.78, 5) is 16.6. The van der Waals surface area contributed by atoms with Crippen LogP contribution in [0.5, 0.6) is 0 Å². The highest BCUT2D eigenvalue weighted by Crippen LogP contribution is 2.25. The molecule has 1 aliphatic heterocycles. The van der Waals surface area contributed by atoms with Crippen LogP contribution in [0.4, 0.5) is 0 Å². The van der Waals surface area contributed by atoms with Crippen molar-refractivity contribution in [3.8, 4) is 0 Å². The highest BCUT2D eigenvalue weighted by Gasteiger charge is 2.15. The van der Waals surface area contributed by atoms with E-state index >= 15 is 0 Å². The molecule has 2 aliphatic rings. The van der Waals surface area contributed by atoms with Gasteiger partial charge < -0.3 is 16.0 Å². The van der Waals surface area contributed by atoms with Gasteiger partial charge >= 0.3 is 0 Å². The molecule has 0 aromatic heterocycles. The van der Waals surface area contributed by atoms with Crippen LogP contribution in [0.3, 0.4) is 0 Å². The number of amidine groups is 1. The van der Waals surface area contributed by atoms with E-state index in [1.807, 2.05) is 7.05 Å². The molecule has 1 atom stereocenters. The Balaban J connectivity index is 1.45. The van der Waals surface area contributed by atoms with Crippen LogP contribution in [0, 0.1) is 5.92 Å². The van der Waals surface area contributed by atoms with Crippen molar-refractivity contribution >= 4 is 11.7 Å². The van der Waals surface area contributed by atoms with Crippen molar-refractivity contribution in [3.05, 3.63) is 58.7 Å². The van der Waals surface area contributed by atoms with Gasteiger partial charge in [0, 0.05) is 32.1 Å². The van der Waals surface area contributed by atoms with Crippen molar-refractivity contribution in [2.45, 2.75) is 58.3 Å². The summed E-state index contributed by atoms with van der Waals surface area (Å²) in [5, 5.41) is 9.89. The summed E-state index contributed by atoms with van der Waals surface area (Å²) in [6.45, 7) is 5.90. The van der Waals surface area contributed by atoms with Gasteiger partial charge in [0.25, 0.3) is 0 Å². The molecule has 1 fully saturated rings. The molecular formula is C27H40N4O. The first-order valence-corrected chi connectivity index (χ1v) is 12.4. The first-order chi connectivity index (χ1) is 15.7. The van der Waals surface area contributed by atoms with Crippen LogP contribution in [0.25, 0.3) is 0 Å². The number of hydrogen-bond acceptors (Lipinski definition) is 3. The fourth-order valence-electron chi connectivity index (χ4n) is 4.54. The number of amides is 1. The molecule has 0 spiro atoms. The van der Waals surface area contributed by atoms with Gasteiger partial charge in [0.2, 0.25) is 5.91 Å². The topological polar surface area (TPSA) is 65.5 Å². The molecule has 32 heavy (non-hydrogen) atoms. The SMILES string of the molecule is CC/C(=C\CNC(=NC)c1ccc(CCC(=O)NCC2CCNC2)cc1)C1=CCCCC1. The maximum Gasteiger partial charge on any atom is 0.220 e. The predicted octanol–water partition coefficient (Wildman–Crippen LogP) is 4.15. The van der Waals surface area contributed by atoms with E-state index in [9.17, 15) is 4.79 Å². The molecule has 5 heteroatoms. The smallest absolute Gasteiger partial charge is 0.220 e. The van der Waals surface area contributed by atoms with Crippen molar-refractivity contribution in [3.63, 3.8) is 0 Å². The highest BCUT2D eigenvalue weighted by atomic mass is 16.1. The lowest BCUT2D eigenvalue weighted by molar-refractivity contribution is -0.121. The standard InChI is InChI=1S/C27H40N4O/c1-3-23(24-7-5-4-6-8-24)16-18-30-27(28-2)25-12-9-21(10-13-25)11-14-26(32)31-20-22-15-17-29-19-22/h7,9-10,12-13,16,22,29H,3-6,8,11,14-15,17-20H2,1-2H3,(H,28,30)(H,31,32)/b23-16+. The molecule has 1 aromatic rings. The zero-order valence-corrected chi connectivity index (χ0v) is 19.9. The van der Waals surface area contributed by atoms with Crippen LogP contribution in [-0.2, 0) is 11.2 Å². The predicted molar refractivity (Wildman–Crippen MR) is 134 cm³/mol. The van der Waals surface area contributed by atoms with Gasteiger partial charge in [0.05, 0.1) is 0 Å². The summed E-state index contributed by atoms with van der Waals surface area (Å²) < 4.78 is 0. The number of nitrogens with one attached hydrogen (secondary N) is 3. The van der Waals surface area contributed by atoms with Gasteiger partial charge in [-0.15, -0.1) is 0 Å². The van der Waals surface area contributed by atoms with Gasteiger partial charge in [0.15, 0.2) is 0 Å². The molecule has 3 rings (SSSR count). The quantitative estimate of drug-likeness (QED) is 0.381. The number of aryl methyl sites for hydroxylation is 1. The Hall–Kier alpha value is -2.40. The molecule has 1 saturated heterocycles. The molecule has 1 aromatic carbocycles. The zero-order valence-electron chi connectivity index (χ0n) is 19.9. The van der Waals surface area contributed by atoms with Gasteiger partial charge in [0.1, 0.15) is 5.84 Å². The normalized spacial score (nSPS) is 19.6. The average Bonchev–Trinajstić information content (AvgIpc) is 3.36. The average molecular weight is 437 g/mol. The largest absolute Gasteiger partial charge is 0.366 e. The van der Waals surface area contributed by atoms with E-state index in [1.54, 1.807) is 0 Å². The Labute approximate surface area is 193 Å². The Bertz CT molecular complexity index is 817. The monoisotopic (exact) mass is 436 g/mol. The molecule has 5 nitrogen and oxygen atoms in total. The molecule has 1 amide bonds. The summed E-state index contributed by atoms with van der Waals surface area (Å²) in [6, 6.07) is 8.41. The molecule has 0 saturated carbocycles. The molecule has 0 bridgehead atoms. The third-order valence-corrected chi connectivity index (χ3v) is 6.54. The van der Waals surface area contributed by atoms with E-state index in [4.69, 9.17) is 0 Å². The molecule has 1 heterocycles. The van der Waals surface area contributed by atoms with Crippen LogP contribution in [0.15, 0.2) is 52.6 Å². The second-order valence-corrected chi connectivity index (χ2v) is 8.87. The van der Waals surface area contributed by atoms with Crippen molar-refractivity contribution in [1.29, 1.82) is 0 Å². The number of hydrogen-bond donors (Lipinski definition) is 3. The second kappa shape index (κ2) is 13.2. The first-order valence-electron chi connectivity index (χ1n) is 12.4. The van der Waals surface area contributed by atoms with E-state index in [-0.39, 0.29) is 5.91 Å². The summed E-state index contributed by atoms with van der Waals surface area (Å²) in [5.41, 5.74) is 5.26. The van der Waals surface area contributed by atoms with Crippen LogP contribution >= 0.6 is 0 Å². The highest BCUT2D eigenvalue weighted by molar-refractivity contribution is 5.98. The lowest BCUT2D eigenvalue weighted by Gasteiger charge is -2.16. The van der Waals surface area contributed by atoms with Crippen LogP contribution in [0.1, 0.15) is 63.0 Å². The number of rotatable bonds is 10. The number of nitrogens with zero attached hydrogens (tertiary/aromatic N) is 1. The summed E-state index contributed by atoms with van der Waals surface area (Å²) >= 11 is 0. The summed E-state index contributed by atoms with van der Waals surface area (Å²) in [6.07, 6.45) is 13.3. The van der Waals surface area contributed by atoms with Crippen molar-refractivity contribution < 1.29 is 4.79 Å². The van der Waals surface area contributed by atoms with Crippen LogP contribution in [-0.4, -0.2) is 45.0 Å². The summed E-state index contributed by atoms with van der Waals surface area (Å²) in [5.74, 6) is 1.63. The molecule has 1 aliphatic carbocycles. The third-order valence-electron chi connectivity index (χ3n) is 6.54. The fourth-order valence-corrected chi connectivity index (χ4v) is 4.54. The number of benzene rings is 1. The van der Waals surface area contributed by atoms with E-state index in [0.29, 0.717) is 12.3 Å². The van der Waals surface area contributed by atoms with Crippen LogP contribution < -0.4 is 16.0 Å². The molecule has 3 N–H and O–H groups in total. The Morgan fingerprint density at radius 2 is 2.06 bits per heavy atom. The van der Waals surface area contributed by atoms with Crippen molar-refractivity contribution in [2.75, 3.05) is 33.2 Å². The number of aliphatic imine (C=N–C) groups is 1. The minimum absolute atomic E-state index is 0.144. The van der Waals surface area contributed by atoms with E-state index in [0.717, 1.165) is 56.8 Å². The lowest BCUT2D eigenvalue weighted by Crippen LogP contribution is -2.30. The minimum atomic E-state index is 0.144. The van der Waals surface area contributed by atoms with E-state index in [1.165, 1.54) is 42.4 Å². The lowest BCUT2D eigenvalue weighted by atomic mass is 9.92. The van der Waals surface area contributed by atoms with Crippen LogP contribution in [0.2, 0.25) is 0 Å². The second-order valence-electron chi connectivity index (χ2n) is 8.87. The third kappa shape index (κ3) is 7.63. The summed E-state index contributed by atoms with van der Waals surface area (Å²) in [7, 11) is 1.83. The van der Waals surface area contributed by atoms with E-state index < -0.39 is 0 Å². The van der Waals surface area contributed by atoms with Gasteiger partial charge in [-0.25, -0.2) is 0 Å². The molecular weight excluding hydrogens is 396 g/mol. The zero-order chi connectivity index (χ0) is 22.6. The number of carbonyl (C=O) groups excluding carboxylic acids is 1. The Morgan fingerprint density at radius 1 is 1.22 bits per heavy atom. The molecule has 1 unspecified atom stereocenters. The van der Waals surface area contributed by atoms with Gasteiger partial charge in [-0.1, -0.05) is 43.3 Å². The number of carbonyl (C=O) groups is 1.